The van der Waals surface area contributed by atoms with Gasteiger partial charge in [0.15, 0.2) is 0 Å². The van der Waals surface area contributed by atoms with Gasteiger partial charge >= 0.3 is 6.36 Å². The number of halogens is 3. The van der Waals surface area contributed by atoms with Gasteiger partial charge in [-0.3, -0.25) is 4.90 Å². The van der Waals surface area contributed by atoms with Crippen LogP contribution in [-0.2, 0) is 0 Å². The van der Waals surface area contributed by atoms with Crippen LogP contribution in [0.5, 0.6) is 5.75 Å². The van der Waals surface area contributed by atoms with Crippen LogP contribution < -0.4 is 4.74 Å². The molecule has 0 aromatic heterocycles. The van der Waals surface area contributed by atoms with Crippen molar-refractivity contribution >= 4 is 0 Å². The van der Waals surface area contributed by atoms with E-state index in [0.29, 0.717) is 25.4 Å². The number of likely N-dealkylation sites (N-methyl/N-ethyl adjacent to an activating group) is 1. The van der Waals surface area contributed by atoms with E-state index in [1.165, 1.54) is 12.1 Å². The van der Waals surface area contributed by atoms with Crippen molar-refractivity contribution in [2.45, 2.75) is 69.4 Å². The smallest absolute Gasteiger partial charge is 0.406 e. The lowest BCUT2D eigenvalue weighted by Crippen LogP contribution is -2.54. The molecule has 0 radical (unpaired) electrons. The van der Waals surface area contributed by atoms with Gasteiger partial charge in [0.1, 0.15) is 5.75 Å². The first-order chi connectivity index (χ1) is 13.7. The Morgan fingerprint density at radius 1 is 1.21 bits per heavy atom. The minimum absolute atomic E-state index is 0.218. The second-order valence-corrected chi connectivity index (χ2v) is 8.64. The van der Waals surface area contributed by atoms with Crippen molar-refractivity contribution in [1.82, 2.24) is 9.80 Å². The number of nitrogens with zero attached hydrogens (tertiary/aromatic N) is 2. The average molecular weight is 415 g/mol. The van der Waals surface area contributed by atoms with Crippen molar-refractivity contribution < 1.29 is 23.0 Å². The molecule has 4 nitrogen and oxygen atoms in total. The topological polar surface area (TPSA) is 35.9 Å². The van der Waals surface area contributed by atoms with Gasteiger partial charge in [0.05, 0.1) is 5.60 Å². The Balaban J connectivity index is 1.85. The molecular weight excluding hydrogens is 381 g/mol. The summed E-state index contributed by atoms with van der Waals surface area (Å²) in [5, 5.41) is 11.5. The van der Waals surface area contributed by atoms with E-state index >= 15 is 0 Å². The summed E-state index contributed by atoms with van der Waals surface area (Å²) >= 11 is 0. The Morgan fingerprint density at radius 3 is 2.59 bits per heavy atom. The molecular formula is C22H33F3N2O2. The SMILES string of the molecule is CC[C@@H]1CN(C[C@H](c2cccc(OC(F)(F)F)c2)C2(O)CCCCC2)CCN1C. The van der Waals surface area contributed by atoms with Crippen LogP contribution >= 0.6 is 0 Å². The van der Waals surface area contributed by atoms with Gasteiger partial charge < -0.3 is 14.7 Å². The summed E-state index contributed by atoms with van der Waals surface area (Å²) in [7, 11) is 2.13. The van der Waals surface area contributed by atoms with Gasteiger partial charge in [0.2, 0.25) is 0 Å². The molecule has 1 heterocycles. The summed E-state index contributed by atoms with van der Waals surface area (Å²) in [5.41, 5.74) is -0.164. The highest BCUT2D eigenvalue weighted by atomic mass is 19.4. The molecule has 1 aliphatic heterocycles. The average Bonchev–Trinajstić information content (AvgIpc) is 2.66. The summed E-state index contributed by atoms with van der Waals surface area (Å²) in [6, 6.07) is 6.66. The van der Waals surface area contributed by atoms with E-state index in [0.717, 1.165) is 50.9 Å². The maximum Gasteiger partial charge on any atom is 0.573 e. The highest BCUT2D eigenvalue weighted by molar-refractivity contribution is 5.33. The predicted octanol–water partition coefficient (Wildman–Crippen LogP) is 4.39. The normalized spacial score (nSPS) is 25.0. The van der Waals surface area contributed by atoms with Crippen LogP contribution in [0.25, 0.3) is 0 Å². The quantitative estimate of drug-likeness (QED) is 0.749. The van der Waals surface area contributed by atoms with Gasteiger partial charge in [-0.15, -0.1) is 13.2 Å². The largest absolute Gasteiger partial charge is 0.573 e. The Morgan fingerprint density at radius 2 is 1.93 bits per heavy atom. The van der Waals surface area contributed by atoms with Gasteiger partial charge in [-0.2, -0.15) is 0 Å². The van der Waals surface area contributed by atoms with Gasteiger partial charge in [0, 0.05) is 38.1 Å². The zero-order valence-electron chi connectivity index (χ0n) is 17.4. The predicted molar refractivity (Wildman–Crippen MR) is 107 cm³/mol. The Hall–Kier alpha value is -1.31. The van der Waals surface area contributed by atoms with Crippen LogP contribution in [0.4, 0.5) is 13.2 Å². The molecule has 1 N–H and O–H groups in total. The maximum absolute atomic E-state index is 12.7. The van der Waals surface area contributed by atoms with Crippen molar-refractivity contribution in [2.75, 3.05) is 33.2 Å². The van der Waals surface area contributed by atoms with Gasteiger partial charge in [-0.05, 0) is 44.0 Å². The van der Waals surface area contributed by atoms with Gasteiger partial charge in [0.25, 0.3) is 0 Å². The van der Waals surface area contributed by atoms with E-state index in [4.69, 9.17) is 0 Å². The molecule has 164 valence electrons. The molecule has 29 heavy (non-hydrogen) atoms. The van der Waals surface area contributed by atoms with Gasteiger partial charge in [-0.1, -0.05) is 38.3 Å². The van der Waals surface area contributed by atoms with E-state index in [2.05, 4.69) is 28.5 Å². The standard InChI is InChI=1S/C22H33F3N2O2/c1-3-18-15-27(13-12-26(18)2)16-20(21(28)10-5-4-6-11-21)17-8-7-9-19(14-17)29-22(23,24)25/h7-9,14,18,20,28H,3-6,10-13,15-16H2,1-2H3/t18-,20-/m1/s1. The first-order valence-electron chi connectivity index (χ1n) is 10.7. The molecule has 0 bridgehead atoms. The molecule has 3 rings (SSSR count). The molecule has 7 heteroatoms. The van der Waals surface area contributed by atoms with Crippen LogP contribution in [0, 0.1) is 0 Å². The Labute approximate surface area is 171 Å². The molecule has 2 atom stereocenters. The molecule has 2 fully saturated rings. The summed E-state index contributed by atoms with van der Waals surface area (Å²) in [6.07, 6.45) is 0.704. The van der Waals surface area contributed by atoms with Crippen molar-refractivity contribution in [3.8, 4) is 5.75 Å². The Kier molecular flexibility index (Phi) is 7.12. The fourth-order valence-electron chi connectivity index (χ4n) is 4.90. The number of piperazine rings is 1. The number of aliphatic hydroxyl groups is 1. The van der Waals surface area contributed by atoms with Crippen LogP contribution in [0.3, 0.4) is 0 Å². The van der Waals surface area contributed by atoms with E-state index in [-0.39, 0.29) is 11.7 Å². The van der Waals surface area contributed by atoms with Crippen molar-refractivity contribution in [2.24, 2.45) is 0 Å². The summed E-state index contributed by atoms with van der Waals surface area (Å²) < 4.78 is 42.3. The fraction of sp³-hybridized carbons (Fsp3) is 0.727. The fourth-order valence-corrected chi connectivity index (χ4v) is 4.90. The molecule has 1 saturated carbocycles. The molecule has 1 aromatic carbocycles. The minimum Gasteiger partial charge on any atom is -0.406 e. The summed E-state index contributed by atoms with van der Waals surface area (Å²) in [4.78, 5) is 4.72. The molecule has 1 aromatic rings. The number of hydrogen-bond acceptors (Lipinski definition) is 4. The summed E-state index contributed by atoms with van der Waals surface area (Å²) in [5.74, 6) is -0.454. The van der Waals surface area contributed by atoms with Crippen LogP contribution in [-0.4, -0.2) is 66.1 Å². The molecule has 0 amide bonds. The van der Waals surface area contributed by atoms with E-state index < -0.39 is 12.0 Å². The van der Waals surface area contributed by atoms with Crippen LogP contribution in [0.15, 0.2) is 24.3 Å². The summed E-state index contributed by atoms with van der Waals surface area (Å²) in [6.45, 7) is 5.60. The van der Waals surface area contributed by atoms with E-state index in [1.54, 1.807) is 6.07 Å². The molecule has 1 saturated heterocycles. The van der Waals surface area contributed by atoms with Gasteiger partial charge in [-0.25, -0.2) is 0 Å². The van der Waals surface area contributed by atoms with Crippen LogP contribution in [0.2, 0.25) is 0 Å². The minimum atomic E-state index is -4.72. The van der Waals surface area contributed by atoms with E-state index in [1.807, 2.05) is 6.07 Å². The second-order valence-electron chi connectivity index (χ2n) is 8.64. The molecule has 2 aliphatic rings. The lowest BCUT2D eigenvalue weighted by atomic mass is 9.72. The van der Waals surface area contributed by atoms with Crippen molar-refractivity contribution in [1.29, 1.82) is 0 Å². The highest BCUT2D eigenvalue weighted by Gasteiger charge is 2.41. The molecule has 0 spiro atoms. The van der Waals surface area contributed by atoms with Crippen LogP contribution in [0.1, 0.15) is 56.9 Å². The first-order valence-corrected chi connectivity index (χ1v) is 10.7. The van der Waals surface area contributed by atoms with E-state index in [9.17, 15) is 18.3 Å². The number of benzene rings is 1. The first kappa shape index (κ1) is 22.4. The number of alkyl halides is 3. The molecule has 0 unspecified atom stereocenters. The molecule has 1 aliphatic carbocycles. The highest BCUT2D eigenvalue weighted by Crippen LogP contribution is 2.41. The maximum atomic E-state index is 12.7. The monoisotopic (exact) mass is 414 g/mol. The lowest BCUT2D eigenvalue weighted by molar-refractivity contribution is -0.274. The van der Waals surface area contributed by atoms with Crippen molar-refractivity contribution in [3.63, 3.8) is 0 Å². The zero-order valence-corrected chi connectivity index (χ0v) is 17.4. The Bertz CT molecular complexity index is 662. The number of ether oxygens (including phenoxy) is 1. The lowest BCUT2D eigenvalue weighted by Gasteiger charge is -2.45. The van der Waals surface area contributed by atoms with Crippen molar-refractivity contribution in [3.05, 3.63) is 29.8 Å². The second kappa shape index (κ2) is 9.23. The third-order valence-corrected chi connectivity index (χ3v) is 6.64. The number of rotatable bonds is 6. The number of hydrogen-bond donors (Lipinski definition) is 1. The zero-order chi connectivity index (χ0) is 21.1. The third kappa shape index (κ3) is 5.86. The third-order valence-electron chi connectivity index (χ3n) is 6.64.